The van der Waals surface area contributed by atoms with E-state index in [0.717, 1.165) is 19.2 Å². The molecule has 1 aromatic carbocycles. The largest absolute Gasteiger partial charge is 0.465 e. The van der Waals surface area contributed by atoms with Gasteiger partial charge in [0.2, 0.25) is 0 Å². The minimum Gasteiger partial charge on any atom is -0.465 e. The molecular formula is C11H7BrF3NO2S. The second kappa shape index (κ2) is 6.30. The number of methoxy groups -OCH3 is 1. The van der Waals surface area contributed by atoms with E-state index in [9.17, 15) is 18.0 Å². The van der Waals surface area contributed by atoms with Gasteiger partial charge in [0, 0.05) is 10.2 Å². The Kier molecular flexibility index (Phi) is 5.26. The highest BCUT2D eigenvalue weighted by Gasteiger charge is 2.31. The van der Waals surface area contributed by atoms with Gasteiger partial charge in [0.1, 0.15) is 6.07 Å². The van der Waals surface area contributed by atoms with Crippen LogP contribution in [-0.2, 0) is 10.1 Å². The molecule has 0 saturated carbocycles. The van der Waals surface area contributed by atoms with Crippen LogP contribution >= 0.6 is 27.7 Å². The fourth-order valence-electron chi connectivity index (χ4n) is 1.39. The SMILES string of the molecule is COC(=O)c1ccc(SC(F)(F)F)c(CBr)c1C#N. The van der Waals surface area contributed by atoms with E-state index >= 15 is 0 Å². The summed E-state index contributed by atoms with van der Waals surface area (Å²) in [5.74, 6) is -0.762. The Morgan fingerprint density at radius 1 is 1.53 bits per heavy atom. The van der Waals surface area contributed by atoms with Crippen LogP contribution < -0.4 is 0 Å². The summed E-state index contributed by atoms with van der Waals surface area (Å²) in [5.41, 5.74) is -4.51. The Labute approximate surface area is 119 Å². The van der Waals surface area contributed by atoms with E-state index in [2.05, 4.69) is 20.7 Å². The molecule has 1 aromatic rings. The molecule has 8 heteroatoms. The van der Waals surface area contributed by atoms with Crippen LogP contribution in [0.1, 0.15) is 21.5 Å². The summed E-state index contributed by atoms with van der Waals surface area (Å²) in [5, 5.41) is 9.06. The lowest BCUT2D eigenvalue weighted by molar-refractivity contribution is -0.0328. The molecule has 1 rings (SSSR count). The van der Waals surface area contributed by atoms with Gasteiger partial charge in [-0.25, -0.2) is 4.79 Å². The van der Waals surface area contributed by atoms with Crippen LogP contribution in [0.15, 0.2) is 17.0 Å². The maximum absolute atomic E-state index is 12.4. The molecule has 0 amide bonds. The fraction of sp³-hybridized carbons (Fsp3) is 0.273. The molecule has 0 aliphatic carbocycles. The Morgan fingerprint density at radius 3 is 2.58 bits per heavy atom. The number of halogens is 4. The van der Waals surface area contributed by atoms with Gasteiger partial charge in [0.25, 0.3) is 0 Å². The van der Waals surface area contributed by atoms with Crippen LogP contribution in [-0.4, -0.2) is 18.6 Å². The molecule has 102 valence electrons. The van der Waals surface area contributed by atoms with Gasteiger partial charge in [-0.05, 0) is 29.5 Å². The number of hydrogen-bond donors (Lipinski definition) is 0. The average molecular weight is 354 g/mol. The summed E-state index contributed by atoms with van der Waals surface area (Å²) in [6.07, 6.45) is 0. The van der Waals surface area contributed by atoms with Crippen molar-refractivity contribution in [2.24, 2.45) is 0 Å². The molecule has 0 saturated heterocycles. The smallest absolute Gasteiger partial charge is 0.446 e. The third-order valence-electron chi connectivity index (χ3n) is 2.15. The topological polar surface area (TPSA) is 50.1 Å². The molecule has 0 bridgehead atoms. The van der Waals surface area contributed by atoms with E-state index in [4.69, 9.17) is 5.26 Å². The first kappa shape index (κ1) is 15.9. The molecule has 0 aliphatic heterocycles. The third kappa shape index (κ3) is 3.88. The first-order valence-corrected chi connectivity index (χ1v) is 6.73. The van der Waals surface area contributed by atoms with Gasteiger partial charge in [-0.1, -0.05) is 15.9 Å². The first-order valence-electron chi connectivity index (χ1n) is 4.80. The number of hydrogen-bond acceptors (Lipinski definition) is 4. The van der Waals surface area contributed by atoms with Gasteiger partial charge >= 0.3 is 11.5 Å². The second-order valence-corrected chi connectivity index (χ2v) is 4.92. The number of nitriles is 1. The zero-order valence-electron chi connectivity index (χ0n) is 9.55. The molecule has 0 aromatic heterocycles. The number of benzene rings is 1. The number of thioether (sulfide) groups is 1. The predicted molar refractivity (Wildman–Crippen MR) is 67.0 cm³/mol. The standard InChI is InChI=1S/C11H7BrF3NO2S/c1-18-10(17)6-2-3-9(19-11(13,14)15)7(4-12)8(6)5-16/h2-3H,4H2,1H3. The van der Waals surface area contributed by atoms with E-state index in [1.165, 1.54) is 0 Å². The number of carbonyl (C=O) groups excluding carboxylic acids is 1. The van der Waals surface area contributed by atoms with E-state index in [1.807, 2.05) is 0 Å². The zero-order chi connectivity index (χ0) is 14.6. The number of esters is 1. The first-order chi connectivity index (χ1) is 8.84. The van der Waals surface area contributed by atoms with Crippen LogP contribution in [0.5, 0.6) is 0 Å². The Morgan fingerprint density at radius 2 is 2.16 bits per heavy atom. The van der Waals surface area contributed by atoms with Gasteiger partial charge in [-0.15, -0.1) is 0 Å². The number of carbonyl (C=O) groups is 1. The summed E-state index contributed by atoms with van der Waals surface area (Å²) in [4.78, 5) is 11.3. The molecule has 0 atom stereocenters. The second-order valence-electron chi connectivity index (χ2n) is 3.25. The van der Waals surface area contributed by atoms with Crippen LogP contribution in [0.2, 0.25) is 0 Å². The molecule has 0 N–H and O–H groups in total. The molecular weight excluding hydrogens is 347 g/mol. The molecule has 3 nitrogen and oxygen atoms in total. The van der Waals surface area contributed by atoms with Crippen LogP contribution in [0.3, 0.4) is 0 Å². The van der Waals surface area contributed by atoms with E-state index in [1.54, 1.807) is 6.07 Å². The van der Waals surface area contributed by atoms with Gasteiger partial charge in [-0.2, -0.15) is 18.4 Å². The van der Waals surface area contributed by atoms with Crippen LogP contribution in [0.25, 0.3) is 0 Å². The van der Waals surface area contributed by atoms with Crippen LogP contribution in [0.4, 0.5) is 13.2 Å². The predicted octanol–water partition coefficient (Wildman–Crippen LogP) is 3.85. The lowest BCUT2D eigenvalue weighted by Gasteiger charge is -2.13. The van der Waals surface area contributed by atoms with Crippen LogP contribution in [0, 0.1) is 11.3 Å². The lowest BCUT2D eigenvalue weighted by Crippen LogP contribution is -2.08. The summed E-state index contributed by atoms with van der Waals surface area (Å²) >= 11 is 2.71. The maximum Gasteiger partial charge on any atom is 0.446 e. The number of ether oxygens (including phenoxy) is 1. The molecule has 0 radical (unpaired) electrons. The monoisotopic (exact) mass is 353 g/mol. The minimum absolute atomic E-state index is 0.0269. The highest BCUT2D eigenvalue weighted by molar-refractivity contribution is 9.08. The van der Waals surface area contributed by atoms with Crippen molar-refractivity contribution in [1.29, 1.82) is 5.26 Å². The quantitative estimate of drug-likeness (QED) is 0.470. The van der Waals surface area contributed by atoms with E-state index < -0.39 is 11.5 Å². The van der Waals surface area contributed by atoms with Gasteiger partial charge < -0.3 is 4.74 Å². The fourth-order valence-corrected chi connectivity index (χ4v) is 2.84. The molecule has 0 unspecified atom stereocenters. The van der Waals surface area contributed by atoms with Crippen molar-refractivity contribution in [2.45, 2.75) is 15.7 Å². The Balaban J connectivity index is 3.40. The summed E-state index contributed by atoms with van der Waals surface area (Å²) in [6, 6.07) is 4.06. The van der Waals surface area contributed by atoms with Gasteiger partial charge in [-0.3, -0.25) is 0 Å². The Bertz CT molecular complexity index is 540. The van der Waals surface area contributed by atoms with Gasteiger partial charge in [0.15, 0.2) is 0 Å². The Hall–Kier alpha value is -1.20. The van der Waals surface area contributed by atoms with E-state index in [-0.39, 0.29) is 38.7 Å². The molecule has 0 fully saturated rings. The number of alkyl halides is 4. The van der Waals surface area contributed by atoms with Crippen molar-refractivity contribution < 1.29 is 22.7 Å². The van der Waals surface area contributed by atoms with E-state index in [0.29, 0.717) is 0 Å². The molecule has 0 heterocycles. The van der Waals surface area contributed by atoms with Crippen molar-refractivity contribution in [3.8, 4) is 6.07 Å². The molecule has 19 heavy (non-hydrogen) atoms. The normalized spacial score (nSPS) is 10.9. The van der Waals surface area contributed by atoms with Crippen molar-refractivity contribution in [3.05, 3.63) is 28.8 Å². The third-order valence-corrected chi connectivity index (χ3v) is 3.54. The van der Waals surface area contributed by atoms with Crippen molar-refractivity contribution in [1.82, 2.24) is 0 Å². The lowest BCUT2D eigenvalue weighted by atomic mass is 10.0. The van der Waals surface area contributed by atoms with Crippen molar-refractivity contribution in [3.63, 3.8) is 0 Å². The summed E-state index contributed by atoms with van der Waals surface area (Å²) in [6.45, 7) is 0. The molecule has 0 aliphatic rings. The van der Waals surface area contributed by atoms with Gasteiger partial charge in [0.05, 0.1) is 18.2 Å². The zero-order valence-corrected chi connectivity index (χ0v) is 11.9. The summed E-state index contributed by atoms with van der Waals surface area (Å²) < 4.78 is 41.7. The summed E-state index contributed by atoms with van der Waals surface area (Å²) in [7, 11) is 1.13. The highest BCUT2D eigenvalue weighted by atomic mass is 79.9. The molecule has 0 spiro atoms. The number of rotatable bonds is 3. The average Bonchev–Trinajstić information content (AvgIpc) is 2.35. The maximum atomic E-state index is 12.4. The van der Waals surface area contributed by atoms with Crippen molar-refractivity contribution >= 4 is 33.7 Å². The van der Waals surface area contributed by atoms with Crippen molar-refractivity contribution in [2.75, 3.05) is 7.11 Å². The highest BCUT2D eigenvalue weighted by Crippen LogP contribution is 2.40. The minimum atomic E-state index is -4.46. The number of nitrogens with zero attached hydrogens (tertiary/aromatic N) is 1.